The van der Waals surface area contributed by atoms with Crippen LogP contribution in [0.4, 0.5) is 15.2 Å². The molecule has 1 aliphatic rings. The van der Waals surface area contributed by atoms with Crippen molar-refractivity contribution in [3.63, 3.8) is 0 Å². The maximum absolute atomic E-state index is 13.9. The second kappa shape index (κ2) is 8.38. The number of piperidine rings is 1. The quantitative estimate of drug-likeness (QED) is 0.847. The van der Waals surface area contributed by atoms with Gasteiger partial charge in [0.1, 0.15) is 10.8 Å². The van der Waals surface area contributed by atoms with Crippen LogP contribution in [-0.4, -0.2) is 29.2 Å². The lowest BCUT2D eigenvalue weighted by molar-refractivity contribution is -0.120. The van der Waals surface area contributed by atoms with Crippen LogP contribution >= 0.6 is 11.3 Å². The van der Waals surface area contributed by atoms with Crippen molar-refractivity contribution in [2.75, 3.05) is 23.3 Å². The van der Waals surface area contributed by atoms with Gasteiger partial charge in [-0.2, -0.15) is 0 Å². The molecule has 1 N–H and O–H groups in total. The highest BCUT2D eigenvalue weighted by atomic mass is 32.1. The summed E-state index contributed by atoms with van der Waals surface area (Å²) in [5.41, 5.74) is 0.617. The number of amides is 1. The number of nitrogens with zero attached hydrogens (tertiary/aromatic N) is 3. The first-order chi connectivity index (χ1) is 12.2. The maximum Gasteiger partial charge on any atom is 0.229 e. The molecule has 1 aliphatic heterocycles. The number of rotatable bonds is 6. The molecular weight excluding hydrogens is 339 g/mol. The third-order valence-corrected chi connectivity index (χ3v) is 5.40. The molecule has 1 amide bonds. The molecule has 5 nitrogen and oxygen atoms in total. The predicted octanol–water partition coefficient (Wildman–Crippen LogP) is 3.87. The molecule has 2 aromatic rings. The predicted molar refractivity (Wildman–Crippen MR) is 98.5 cm³/mol. The molecule has 2 heterocycles. The molecule has 7 heteroatoms. The number of nitrogens with one attached hydrogen (secondary N) is 1. The number of anilines is 2. The molecule has 0 radical (unpaired) electrons. The number of benzene rings is 1. The Morgan fingerprint density at radius 3 is 2.80 bits per heavy atom. The first-order valence-electron chi connectivity index (χ1n) is 8.80. The van der Waals surface area contributed by atoms with Gasteiger partial charge in [0.05, 0.1) is 5.69 Å². The molecule has 1 aromatic heterocycles. The summed E-state index contributed by atoms with van der Waals surface area (Å²) in [6.45, 7) is 3.49. The van der Waals surface area contributed by atoms with E-state index in [4.69, 9.17) is 0 Å². The van der Waals surface area contributed by atoms with Gasteiger partial charge >= 0.3 is 0 Å². The summed E-state index contributed by atoms with van der Waals surface area (Å²) in [4.78, 5) is 14.4. The average Bonchev–Trinajstić information content (AvgIpc) is 3.08. The van der Waals surface area contributed by atoms with Gasteiger partial charge in [0.25, 0.3) is 0 Å². The number of halogens is 1. The molecule has 134 valence electrons. The third kappa shape index (κ3) is 4.54. The van der Waals surface area contributed by atoms with Gasteiger partial charge in [-0.1, -0.05) is 36.8 Å². The van der Waals surface area contributed by atoms with E-state index in [1.807, 2.05) is 11.0 Å². The SMILES string of the molecule is CCCCc1nnc(NC(=O)C2CCN(c3ccccc3F)CC2)s1. The van der Waals surface area contributed by atoms with Gasteiger partial charge in [0.15, 0.2) is 0 Å². The summed E-state index contributed by atoms with van der Waals surface area (Å²) < 4.78 is 13.9. The fourth-order valence-electron chi connectivity index (χ4n) is 3.03. The highest BCUT2D eigenvalue weighted by molar-refractivity contribution is 7.15. The van der Waals surface area contributed by atoms with E-state index in [1.165, 1.54) is 17.4 Å². The summed E-state index contributed by atoms with van der Waals surface area (Å²) in [5, 5.41) is 12.6. The first kappa shape index (κ1) is 17.8. The molecule has 25 heavy (non-hydrogen) atoms. The van der Waals surface area contributed by atoms with Crippen LogP contribution in [0.2, 0.25) is 0 Å². The molecule has 0 bridgehead atoms. The Hall–Kier alpha value is -2.02. The van der Waals surface area contributed by atoms with Crippen LogP contribution in [0.5, 0.6) is 0 Å². The molecule has 0 atom stereocenters. The van der Waals surface area contributed by atoms with E-state index in [0.29, 0.717) is 36.8 Å². The Bertz CT molecular complexity index is 713. The van der Waals surface area contributed by atoms with E-state index >= 15 is 0 Å². The summed E-state index contributed by atoms with van der Waals surface area (Å²) in [5.74, 6) is -0.281. The van der Waals surface area contributed by atoms with Crippen molar-refractivity contribution in [3.05, 3.63) is 35.1 Å². The summed E-state index contributed by atoms with van der Waals surface area (Å²) >= 11 is 1.45. The minimum absolute atomic E-state index is 0.00799. The van der Waals surface area contributed by atoms with Crippen molar-refractivity contribution < 1.29 is 9.18 Å². The Kier molecular flexibility index (Phi) is 5.96. The van der Waals surface area contributed by atoms with Gasteiger partial charge in [-0.3, -0.25) is 4.79 Å². The zero-order valence-electron chi connectivity index (χ0n) is 14.4. The zero-order chi connectivity index (χ0) is 17.6. The van der Waals surface area contributed by atoms with Crippen LogP contribution in [-0.2, 0) is 11.2 Å². The number of aryl methyl sites for hydroxylation is 1. The largest absolute Gasteiger partial charge is 0.369 e. The highest BCUT2D eigenvalue weighted by Gasteiger charge is 2.26. The number of aromatic nitrogens is 2. The third-order valence-electron chi connectivity index (χ3n) is 4.50. The molecule has 1 saturated heterocycles. The zero-order valence-corrected chi connectivity index (χ0v) is 15.2. The Morgan fingerprint density at radius 2 is 2.08 bits per heavy atom. The van der Waals surface area contributed by atoms with E-state index in [2.05, 4.69) is 22.4 Å². The lowest BCUT2D eigenvalue weighted by atomic mass is 9.95. The van der Waals surface area contributed by atoms with Gasteiger partial charge in [-0.15, -0.1) is 10.2 Å². The van der Waals surface area contributed by atoms with Crippen molar-refractivity contribution in [2.45, 2.75) is 39.0 Å². The molecule has 1 fully saturated rings. The van der Waals surface area contributed by atoms with Gasteiger partial charge < -0.3 is 10.2 Å². The lowest BCUT2D eigenvalue weighted by Crippen LogP contribution is -2.38. The molecule has 3 rings (SSSR count). The number of carbonyl (C=O) groups is 1. The standard InChI is InChI=1S/C18H23FN4OS/c1-2-3-8-16-21-22-18(25-16)20-17(24)13-9-11-23(12-10-13)15-7-5-4-6-14(15)19/h4-7,13H,2-3,8-12H2,1H3,(H,20,22,24). The monoisotopic (exact) mass is 362 g/mol. The van der Waals surface area contributed by atoms with Gasteiger partial charge in [-0.25, -0.2) is 4.39 Å². The second-order valence-electron chi connectivity index (χ2n) is 6.31. The van der Waals surface area contributed by atoms with Crippen molar-refractivity contribution in [1.82, 2.24) is 10.2 Å². The van der Waals surface area contributed by atoms with E-state index in [9.17, 15) is 9.18 Å². The normalized spacial score (nSPS) is 15.4. The smallest absolute Gasteiger partial charge is 0.229 e. The van der Waals surface area contributed by atoms with Crippen LogP contribution in [0.25, 0.3) is 0 Å². The molecule has 0 saturated carbocycles. The Morgan fingerprint density at radius 1 is 1.32 bits per heavy atom. The molecule has 0 unspecified atom stereocenters. The fraction of sp³-hybridized carbons (Fsp3) is 0.500. The number of para-hydroxylation sites is 1. The fourth-order valence-corrected chi connectivity index (χ4v) is 3.82. The average molecular weight is 362 g/mol. The maximum atomic E-state index is 13.9. The van der Waals surface area contributed by atoms with Gasteiger partial charge in [0.2, 0.25) is 11.0 Å². The minimum atomic E-state index is -0.209. The van der Waals surface area contributed by atoms with E-state index in [1.54, 1.807) is 12.1 Å². The summed E-state index contributed by atoms with van der Waals surface area (Å²) in [7, 11) is 0. The number of carbonyl (C=O) groups excluding carboxylic acids is 1. The van der Waals surface area contributed by atoms with Crippen molar-refractivity contribution in [1.29, 1.82) is 0 Å². The molecular formula is C18H23FN4OS. The first-order valence-corrected chi connectivity index (χ1v) is 9.61. The van der Waals surface area contributed by atoms with Crippen LogP contribution in [0.15, 0.2) is 24.3 Å². The topological polar surface area (TPSA) is 58.1 Å². The van der Waals surface area contributed by atoms with Gasteiger partial charge in [0, 0.05) is 25.4 Å². The van der Waals surface area contributed by atoms with Crippen LogP contribution in [0.1, 0.15) is 37.6 Å². The van der Waals surface area contributed by atoms with Crippen LogP contribution < -0.4 is 10.2 Å². The molecule has 0 aliphatic carbocycles. The Balaban J connectivity index is 1.51. The van der Waals surface area contributed by atoms with Gasteiger partial charge in [-0.05, 0) is 31.4 Å². The number of hydrogen-bond donors (Lipinski definition) is 1. The summed E-state index contributed by atoms with van der Waals surface area (Å²) in [6.07, 6.45) is 4.52. The second-order valence-corrected chi connectivity index (χ2v) is 7.37. The molecule has 0 spiro atoms. The van der Waals surface area contributed by atoms with Crippen LogP contribution in [0.3, 0.4) is 0 Å². The van der Waals surface area contributed by atoms with E-state index in [-0.39, 0.29) is 17.6 Å². The number of unbranched alkanes of at least 4 members (excludes halogenated alkanes) is 1. The van der Waals surface area contributed by atoms with Crippen molar-refractivity contribution >= 4 is 28.1 Å². The Labute approximate surface area is 151 Å². The summed E-state index contributed by atoms with van der Waals surface area (Å²) in [6, 6.07) is 6.78. The molecule has 1 aromatic carbocycles. The highest BCUT2D eigenvalue weighted by Crippen LogP contribution is 2.26. The lowest BCUT2D eigenvalue weighted by Gasteiger charge is -2.33. The van der Waals surface area contributed by atoms with E-state index < -0.39 is 0 Å². The minimum Gasteiger partial charge on any atom is -0.369 e. The van der Waals surface area contributed by atoms with E-state index in [0.717, 1.165) is 24.3 Å². The van der Waals surface area contributed by atoms with Crippen molar-refractivity contribution in [2.24, 2.45) is 5.92 Å². The van der Waals surface area contributed by atoms with Crippen molar-refractivity contribution in [3.8, 4) is 0 Å². The number of hydrogen-bond acceptors (Lipinski definition) is 5. The van der Waals surface area contributed by atoms with Crippen LogP contribution in [0, 0.1) is 11.7 Å².